The summed E-state index contributed by atoms with van der Waals surface area (Å²) in [5, 5.41) is 4.60. The van der Waals surface area contributed by atoms with Crippen LogP contribution in [0.25, 0.3) is 0 Å². The van der Waals surface area contributed by atoms with Crippen molar-refractivity contribution in [2.45, 2.75) is 26.3 Å². The molecule has 130 valence electrons. The fraction of sp³-hybridized carbons (Fsp3) is 0.294. The molecule has 2 aromatic heterocycles. The average Bonchev–Trinajstić information content (AvgIpc) is 3.04. The minimum absolute atomic E-state index is 0.0419. The first-order chi connectivity index (χ1) is 11.9. The van der Waals surface area contributed by atoms with Gasteiger partial charge in [0.1, 0.15) is 6.54 Å². The number of aromatic nitrogens is 4. The topological polar surface area (TPSA) is 82.9 Å². The Morgan fingerprint density at radius 2 is 1.88 bits per heavy atom. The van der Waals surface area contributed by atoms with E-state index in [1.807, 2.05) is 24.3 Å². The van der Waals surface area contributed by atoms with E-state index in [1.54, 1.807) is 14.0 Å². The minimum atomic E-state index is -0.411. The minimum Gasteiger partial charge on any atom is -0.337 e. The Balaban J connectivity index is 1.72. The maximum absolute atomic E-state index is 12.2. The van der Waals surface area contributed by atoms with Crippen LogP contribution in [0.5, 0.6) is 0 Å². The summed E-state index contributed by atoms with van der Waals surface area (Å²) in [6.45, 7) is 1.66. The number of benzene rings is 1. The van der Waals surface area contributed by atoms with Crippen LogP contribution in [0.1, 0.15) is 23.0 Å². The first kappa shape index (κ1) is 17.2. The molecule has 25 heavy (non-hydrogen) atoms. The van der Waals surface area contributed by atoms with Gasteiger partial charge in [-0.3, -0.25) is 9.36 Å². The van der Waals surface area contributed by atoms with Gasteiger partial charge in [0, 0.05) is 30.3 Å². The highest BCUT2D eigenvalue weighted by Gasteiger charge is 2.12. The summed E-state index contributed by atoms with van der Waals surface area (Å²) in [5.41, 5.74) is 0.909. The van der Waals surface area contributed by atoms with E-state index in [2.05, 4.69) is 10.1 Å². The van der Waals surface area contributed by atoms with Crippen molar-refractivity contribution in [1.82, 2.24) is 19.3 Å². The van der Waals surface area contributed by atoms with Gasteiger partial charge in [0.25, 0.3) is 5.56 Å². The molecular formula is C17H17ClN4O3. The molecule has 0 N–H and O–H groups in total. The Hall–Kier alpha value is -2.67. The van der Waals surface area contributed by atoms with E-state index in [9.17, 15) is 9.59 Å². The van der Waals surface area contributed by atoms with E-state index < -0.39 is 5.69 Å². The molecule has 2 heterocycles. The lowest BCUT2D eigenvalue weighted by atomic mass is 10.1. The summed E-state index contributed by atoms with van der Waals surface area (Å²) in [7, 11) is 1.61. The third-order valence-corrected chi connectivity index (χ3v) is 4.25. The van der Waals surface area contributed by atoms with Crippen molar-refractivity contribution in [2.24, 2.45) is 7.05 Å². The summed E-state index contributed by atoms with van der Waals surface area (Å²) in [4.78, 5) is 28.5. The molecule has 8 heteroatoms. The lowest BCUT2D eigenvalue weighted by Crippen LogP contribution is -2.39. The third kappa shape index (κ3) is 3.88. The second-order valence-corrected chi connectivity index (χ2v) is 6.22. The molecule has 0 aliphatic carbocycles. The highest BCUT2D eigenvalue weighted by Crippen LogP contribution is 2.11. The van der Waals surface area contributed by atoms with Gasteiger partial charge in [0.05, 0.1) is 0 Å². The predicted molar refractivity (Wildman–Crippen MR) is 92.9 cm³/mol. The van der Waals surface area contributed by atoms with Gasteiger partial charge >= 0.3 is 5.69 Å². The molecule has 0 aliphatic rings. The summed E-state index contributed by atoms with van der Waals surface area (Å²) in [5.74, 6) is 0.760. The number of hydrogen-bond acceptors (Lipinski definition) is 5. The molecule has 0 unspecified atom stereocenters. The summed E-state index contributed by atoms with van der Waals surface area (Å²) in [6.07, 6.45) is 1.33. The lowest BCUT2D eigenvalue weighted by molar-refractivity contribution is 0.361. The van der Waals surface area contributed by atoms with Crippen molar-refractivity contribution >= 4 is 11.6 Å². The Bertz CT molecular complexity index is 1000. The SMILES string of the molecule is Cc1cc(=O)n(Cc2nc(CCc3ccc(Cl)cc3)no2)c(=O)n1C. The first-order valence-electron chi connectivity index (χ1n) is 7.77. The molecule has 0 saturated carbocycles. The van der Waals surface area contributed by atoms with E-state index in [1.165, 1.54) is 10.6 Å². The van der Waals surface area contributed by atoms with E-state index in [4.69, 9.17) is 16.1 Å². The Labute approximate surface area is 148 Å². The molecule has 3 aromatic rings. The van der Waals surface area contributed by atoms with Crippen LogP contribution in [0.4, 0.5) is 0 Å². The predicted octanol–water partition coefficient (Wildman–Crippen LogP) is 1.73. The van der Waals surface area contributed by atoms with E-state index in [-0.39, 0.29) is 18.0 Å². The van der Waals surface area contributed by atoms with Gasteiger partial charge < -0.3 is 9.09 Å². The number of aryl methyl sites for hydroxylation is 3. The van der Waals surface area contributed by atoms with E-state index in [0.717, 1.165) is 16.6 Å². The van der Waals surface area contributed by atoms with Gasteiger partial charge in [-0.15, -0.1) is 0 Å². The van der Waals surface area contributed by atoms with Crippen LogP contribution in [0, 0.1) is 6.92 Å². The normalized spacial score (nSPS) is 11.0. The number of hydrogen-bond donors (Lipinski definition) is 0. The van der Waals surface area contributed by atoms with Crippen molar-refractivity contribution in [3.8, 4) is 0 Å². The summed E-state index contributed by atoms with van der Waals surface area (Å²) >= 11 is 5.86. The second-order valence-electron chi connectivity index (χ2n) is 5.78. The maximum Gasteiger partial charge on any atom is 0.331 e. The van der Waals surface area contributed by atoms with E-state index >= 15 is 0 Å². The zero-order valence-corrected chi connectivity index (χ0v) is 14.7. The molecule has 1 aromatic carbocycles. The zero-order valence-electron chi connectivity index (χ0n) is 13.9. The molecular weight excluding hydrogens is 344 g/mol. The van der Waals surface area contributed by atoms with Crippen molar-refractivity contribution in [3.63, 3.8) is 0 Å². The van der Waals surface area contributed by atoms with Gasteiger partial charge in [-0.25, -0.2) is 4.79 Å². The lowest BCUT2D eigenvalue weighted by Gasteiger charge is -2.06. The molecule has 0 radical (unpaired) electrons. The van der Waals surface area contributed by atoms with Gasteiger partial charge in [-0.1, -0.05) is 28.9 Å². The molecule has 0 amide bonds. The average molecular weight is 361 g/mol. The Morgan fingerprint density at radius 3 is 2.60 bits per heavy atom. The molecule has 0 bridgehead atoms. The van der Waals surface area contributed by atoms with Gasteiger partial charge in [-0.05, 0) is 31.0 Å². The smallest absolute Gasteiger partial charge is 0.331 e. The molecule has 7 nitrogen and oxygen atoms in total. The van der Waals surface area contributed by atoms with Crippen LogP contribution in [0.3, 0.4) is 0 Å². The number of rotatable bonds is 5. The standard InChI is InChI=1S/C17H17ClN4O3/c1-11-9-16(23)22(17(24)21(11)2)10-15-19-14(20-25-15)8-5-12-3-6-13(18)7-4-12/h3-4,6-7,9H,5,8,10H2,1-2H3. The van der Waals surface area contributed by atoms with Crippen molar-refractivity contribution in [3.05, 3.63) is 79.2 Å². The van der Waals surface area contributed by atoms with Crippen LogP contribution in [0.2, 0.25) is 5.02 Å². The van der Waals surface area contributed by atoms with Gasteiger partial charge in [0.2, 0.25) is 5.89 Å². The summed E-state index contributed by atoms with van der Waals surface area (Å²) < 4.78 is 7.64. The highest BCUT2D eigenvalue weighted by molar-refractivity contribution is 6.30. The molecule has 0 atom stereocenters. The molecule has 0 fully saturated rings. The Kier molecular flexibility index (Phi) is 4.85. The van der Waals surface area contributed by atoms with Crippen LogP contribution >= 0.6 is 11.6 Å². The zero-order chi connectivity index (χ0) is 18.0. The van der Waals surface area contributed by atoms with Crippen LogP contribution in [0.15, 0.2) is 44.4 Å². The quantitative estimate of drug-likeness (QED) is 0.692. The maximum atomic E-state index is 12.2. The van der Waals surface area contributed by atoms with Crippen LogP contribution < -0.4 is 11.2 Å². The molecule has 3 rings (SSSR count). The van der Waals surface area contributed by atoms with E-state index in [0.29, 0.717) is 23.0 Å². The molecule has 0 spiro atoms. The number of nitrogens with zero attached hydrogens (tertiary/aromatic N) is 4. The third-order valence-electron chi connectivity index (χ3n) is 4.00. The van der Waals surface area contributed by atoms with Crippen molar-refractivity contribution < 1.29 is 4.52 Å². The van der Waals surface area contributed by atoms with Gasteiger partial charge in [-0.2, -0.15) is 4.98 Å². The first-order valence-corrected chi connectivity index (χ1v) is 8.15. The van der Waals surface area contributed by atoms with Crippen LogP contribution in [-0.4, -0.2) is 19.3 Å². The fourth-order valence-electron chi connectivity index (χ4n) is 2.42. The Morgan fingerprint density at radius 1 is 1.16 bits per heavy atom. The largest absolute Gasteiger partial charge is 0.337 e. The van der Waals surface area contributed by atoms with Crippen molar-refractivity contribution in [2.75, 3.05) is 0 Å². The summed E-state index contributed by atoms with van der Waals surface area (Å²) in [6, 6.07) is 8.95. The molecule has 0 saturated heterocycles. The molecule has 0 aliphatic heterocycles. The number of halogens is 1. The monoisotopic (exact) mass is 360 g/mol. The van der Waals surface area contributed by atoms with Crippen LogP contribution in [-0.2, 0) is 26.4 Å². The van der Waals surface area contributed by atoms with Crippen molar-refractivity contribution in [1.29, 1.82) is 0 Å². The van der Waals surface area contributed by atoms with Gasteiger partial charge in [0.15, 0.2) is 5.82 Å². The highest BCUT2D eigenvalue weighted by atomic mass is 35.5. The fourth-order valence-corrected chi connectivity index (χ4v) is 2.55. The second kappa shape index (κ2) is 7.06.